The summed E-state index contributed by atoms with van der Waals surface area (Å²) in [7, 11) is 7.46. The Bertz CT molecular complexity index is 1600. The molecule has 0 saturated heterocycles. The van der Waals surface area contributed by atoms with Crippen LogP contribution in [-0.2, 0) is 27.2 Å². The zero-order chi connectivity index (χ0) is 26.0. The van der Waals surface area contributed by atoms with E-state index in [1.54, 1.807) is 54.6 Å². The van der Waals surface area contributed by atoms with Gasteiger partial charge in [-0.25, -0.2) is 14.8 Å². The fourth-order valence-electron chi connectivity index (χ4n) is 3.85. The van der Waals surface area contributed by atoms with Gasteiger partial charge < -0.3 is 23.3 Å². The lowest BCUT2D eigenvalue weighted by atomic mass is 10.1. The van der Waals surface area contributed by atoms with Crippen molar-refractivity contribution in [2.45, 2.75) is 13.1 Å². The van der Waals surface area contributed by atoms with Crippen LogP contribution in [0.3, 0.4) is 0 Å². The first-order valence-electron chi connectivity index (χ1n) is 10.9. The largest absolute Gasteiger partial charge is 0.493 e. The minimum absolute atomic E-state index is 0. The summed E-state index contributed by atoms with van der Waals surface area (Å²) < 4.78 is 21.9. The third-order valence-corrected chi connectivity index (χ3v) is 5.83. The molecule has 0 unspecified atom stereocenters. The number of hydrogen-bond acceptors (Lipinski definition) is 7. The zero-order valence-electron chi connectivity index (χ0n) is 21.0. The average Bonchev–Trinajstić information content (AvgIpc) is 3.33. The van der Waals surface area contributed by atoms with E-state index >= 15 is 0 Å². The normalized spacial score (nSPS) is 10.6. The maximum Gasteiger partial charge on any atom is 0.332 e. The third-order valence-electron chi connectivity index (χ3n) is 5.83. The van der Waals surface area contributed by atoms with Crippen molar-refractivity contribution in [1.82, 2.24) is 23.3 Å². The van der Waals surface area contributed by atoms with E-state index in [0.29, 0.717) is 52.4 Å². The van der Waals surface area contributed by atoms with Gasteiger partial charge in [0.05, 0.1) is 33.0 Å². The highest BCUT2D eigenvalue weighted by molar-refractivity contribution is 8.93. The molecule has 0 bridgehead atoms. The van der Waals surface area contributed by atoms with E-state index < -0.39 is 17.2 Å². The minimum atomic E-state index is -0.460. The van der Waals surface area contributed by atoms with Crippen LogP contribution in [0.5, 0.6) is 17.2 Å². The van der Waals surface area contributed by atoms with Crippen molar-refractivity contribution >= 4 is 34.1 Å². The molecular weight excluding hydrogens is 548 g/mol. The van der Waals surface area contributed by atoms with Crippen molar-refractivity contribution in [3.05, 3.63) is 74.7 Å². The molecule has 1 amide bonds. The molecular formula is C24H27BrN6O6. The lowest BCUT2D eigenvalue weighted by Crippen LogP contribution is -2.37. The van der Waals surface area contributed by atoms with Gasteiger partial charge in [0, 0.05) is 45.1 Å². The topological polar surface area (TPSA) is 124 Å². The fourth-order valence-corrected chi connectivity index (χ4v) is 3.85. The van der Waals surface area contributed by atoms with E-state index in [-0.39, 0.29) is 17.0 Å². The van der Waals surface area contributed by atoms with Crippen LogP contribution < -0.4 is 30.8 Å². The van der Waals surface area contributed by atoms with Crippen LogP contribution in [-0.4, -0.2) is 50.5 Å². The maximum absolute atomic E-state index is 12.8. The van der Waals surface area contributed by atoms with Gasteiger partial charge in [0.15, 0.2) is 22.7 Å². The van der Waals surface area contributed by atoms with Crippen molar-refractivity contribution in [3.63, 3.8) is 0 Å². The second-order valence-corrected chi connectivity index (χ2v) is 7.94. The highest BCUT2D eigenvalue weighted by Gasteiger charge is 2.17. The number of halogens is 1. The molecule has 0 spiro atoms. The standard InChI is InChI=1S/C24H26N6O6.BrH/c1-27-21-19(23(32)28(2)24(27)33)30(14-25-21)11-10-29-8-6-16(7-9-29)26-22(31)15-12-17(34-3)20(36-5)18(13-15)35-4;/h6-9,12-14H,10-11H2,1-5H3;1H. The summed E-state index contributed by atoms with van der Waals surface area (Å²) >= 11 is 0. The van der Waals surface area contributed by atoms with E-state index in [2.05, 4.69) is 9.98 Å². The maximum atomic E-state index is 12.8. The first-order chi connectivity index (χ1) is 17.3. The van der Waals surface area contributed by atoms with Gasteiger partial charge in [0.1, 0.15) is 0 Å². The summed E-state index contributed by atoms with van der Waals surface area (Å²) in [5.74, 6) is 0.660. The second kappa shape index (κ2) is 11.3. The average molecular weight is 575 g/mol. The summed E-state index contributed by atoms with van der Waals surface area (Å²) in [6.45, 7) is 0.980. The fraction of sp³-hybridized carbons (Fsp3) is 0.292. The van der Waals surface area contributed by atoms with E-state index in [9.17, 15) is 14.4 Å². The number of rotatable bonds is 7. The second-order valence-electron chi connectivity index (χ2n) is 7.94. The molecule has 4 aromatic rings. The monoisotopic (exact) mass is 574 g/mol. The van der Waals surface area contributed by atoms with Gasteiger partial charge in [-0.2, -0.15) is 0 Å². The van der Waals surface area contributed by atoms with Crippen LogP contribution >= 0.6 is 17.0 Å². The molecule has 0 atom stereocenters. The minimum Gasteiger partial charge on any atom is -0.493 e. The predicted octanol–water partition coefficient (Wildman–Crippen LogP) is 1.28. The van der Waals surface area contributed by atoms with E-state index in [1.165, 1.54) is 32.9 Å². The number of pyridine rings is 1. The molecule has 0 N–H and O–H groups in total. The van der Waals surface area contributed by atoms with Gasteiger partial charge in [-0.3, -0.25) is 18.7 Å². The van der Waals surface area contributed by atoms with Gasteiger partial charge in [-0.1, -0.05) is 0 Å². The van der Waals surface area contributed by atoms with E-state index in [4.69, 9.17) is 14.2 Å². The number of amides is 1. The van der Waals surface area contributed by atoms with E-state index in [1.807, 2.05) is 4.57 Å². The number of fused-ring (bicyclic) bond motifs is 1. The summed E-state index contributed by atoms with van der Waals surface area (Å²) in [6.07, 6.45) is 5.12. The number of carbonyl (C=O) groups is 1. The highest BCUT2D eigenvalue weighted by Crippen LogP contribution is 2.38. The van der Waals surface area contributed by atoms with Crippen LogP contribution in [0.15, 0.2) is 57.6 Å². The van der Waals surface area contributed by atoms with Crippen molar-refractivity contribution in [3.8, 4) is 17.2 Å². The number of hydrogen-bond donors (Lipinski definition) is 0. The molecule has 12 nitrogen and oxygen atoms in total. The number of carbonyl (C=O) groups excluding carboxylic acids is 1. The molecule has 3 aromatic heterocycles. The van der Waals surface area contributed by atoms with Gasteiger partial charge in [-0.05, 0) is 24.3 Å². The third kappa shape index (κ3) is 5.21. The van der Waals surface area contributed by atoms with Crippen LogP contribution in [0.25, 0.3) is 11.2 Å². The molecule has 0 fully saturated rings. The van der Waals surface area contributed by atoms with Gasteiger partial charge >= 0.3 is 5.69 Å². The first-order valence-corrected chi connectivity index (χ1v) is 10.9. The summed E-state index contributed by atoms with van der Waals surface area (Å²) in [4.78, 5) is 45.9. The molecule has 3 heterocycles. The number of nitrogens with zero attached hydrogens (tertiary/aromatic N) is 6. The lowest BCUT2D eigenvalue weighted by molar-refractivity contribution is 0.0997. The molecule has 196 valence electrons. The smallest absolute Gasteiger partial charge is 0.332 e. The Hall–Kier alpha value is -4.13. The number of aryl methyl sites for hydroxylation is 3. The summed E-state index contributed by atoms with van der Waals surface area (Å²) in [5, 5.41) is 0.474. The van der Waals surface area contributed by atoms with Crippen molar-refractivity contribution < 1.29 is 19.0 Å². The number of methoxy groups -OCH3 is 3. The van der Waals surface area contributed by atoms with Crippen molar-refractivity contribution in [2.24, 2.45) is 19.1 Å². The molecule has 0 aliphatic carbocycles. The first kappa shape index (κ1) is 27.5. The number of aromatic nitrogens is 5. The SMILES string of the molecule is Br.COc1cc(C(=O)N=c2ccn(CCn3cnc4c3c(=O)n(C)c(=O)n4C)cc2)cc(OC)c1OC. The predicted molar refractivity (Wildman–Crippen MR) is 141 cm³/mol. The Labute approximate surface area is 221 Å². The Balaban J connectivity index is 0.00000380. The molecule has 37 heavy (non-hydrogen) atoms. The molecule has 0 saturated carbocycles. The Kier molecular flexibility index (Phi) is 8.38. The van der Waals surface area contributed by atoms with E-state index in [0.717, 1.165) is 4.57 Å². The molecule has 13 heteroatoms. The van der Waals surface area contributed by atoms with Crippen LogP contribution in [0.2, 0.25) is 0 Å². The summed E-state index contributed by atoms with van der Waals surface area (Å²) in [6, 6.07) is 6.52. The van der Waals surface area contributed by atoms with Crippen LogP contribution in [0, 0.1) is 0 Å². The summed E-state index contributed by atoms with van der Waals surface area (Å²) in [5.41, 5.74) is 0.183. The van der Waals surface area contributed by atoms with Gasteiger partial charge in [-0.15, -0.1) is 17.0 Å². The highest BCUT2D eigenvalue weighted by atomic mass is 79.9. The molecule has 4 rings (SSSR count). The van der Waals surface area contributed by atoms with Crippen LogP contribution in [0.1, 0.15) is 10.4 Å². The zero-order valence-corrected chi connectivity index (χ0v) is 22.7. The Morgan fingerprint density at radius 2 is 1.57 bits per heavy atom. The quantitative estimate of drug-likeness (QED) is 0.325. The lowest BCUT2D eigenvalue weighted by Gasteiger charge is -2.12. The van der Waals surface area contributed by atoms with Gasteiger partial charge in [0.2, 0.25) is 5.75 Å². The number of imidazole rings is 1. The van der Waals surface area contributed by atoms with Crippen LogP contribution in [0.4, 0.5) is 0 Å². The molecule has 0 aliphatic rings. The molecule has 0 aliphatic heterocycles. The van der Waals surface area contributed by atoms with Crippen molar-refractivity contribution in [2.75, 3.05) is 21.3 Å². The van der Waals surface area contributed by atoms with Gasteiger partial charge in [0.25, 0.3) is 11.5 Å². The number of benzene rings is 1. The van der Waals surface area contributed by atoms with Crippen molar-refractivity contribution in [1.29, 1.82) is 0 Å². The molecule has 0 radical (unpaired) electrons. The Morgan fingerprint density at radius 1 is 0.946 bits per heavy atom. The molecule has 1 aromatic carbocycles. The Morgan fingerprint density at radius 3 is 2.14 bits per heavy atom. The number of ether oxygens (including phenoxy) is 3.